The van der Waals surface area contributed by atoms with E-state index in [0.29, 0.717) is 11.0 Å². The summed E-state index contributed by atoms with van der Waals surface area (Å²) in [5.74, 6) is 0. The molecule has 0 aliphatic rings. The van der Waals surface area contributed by atoms with Crippen molar-refractivity contribution in [1.29, 1.82) is 0 Å². The Bertz CT molecular complexity index is 2010. The van der Waals surface area contributed by atoms with E-state index in [-0.39, 0.29) is 16.2 Å². The zero-order chi connectivity index (χ0) is 27.1. The summed E-state index contributed by atoms with van der Waals surface area (Å²) < 4.78 is 3.49. The van der Waals surface area contributed by atoms with Crippen molar-refractivity contribution >= 4 is 22.4 Å². The quantitative estimate of drug-likeness (QED) is 0.329. The van der Waals surface area contributed by atoms with Gasteiger partial charge in [0.05, 0.1) is 10.2 Å². The van der Waals surface area contributed by atoms with Crippen LogP contribution in [0.15, 0.2) is 88.6 Å². The number of aryl methyl sites for hydroxylation is 3. The van der Waals surface area contributed by atoms with Crippen LogP contribution in [0.2, 0.25) is 0 Å². The second kappa shape index (κ2) is 9.89. The lowest BCUT2D eigenvalue weighted by Crippen LogP contribution is -2.28. The molecular weight excluding hydrogens is 506 g/mol. The van der Waals surface area contributed by atoms with Crippen molar-refractivity contribution in [1.82, 2.24) is 24.4 Å². The van der Waals surface area contributed by atoms with Crippen LogP contribution in [0.5, 0.6) is 0 Å². The molecule has 6 aromatic rings. The van der Waals surface area contributed by atoms with Crippen molar-refractivity contribution in [3.63, 3.8) is 0 Å². The molecule has 0 N–H and O–H groups in total. The Labute approximate surface area is 228 Å². The monoisotopic (exact) mass is 531 g/mol. The molecular formula is C31H25N5O2S. The topological polar surface area (TPSA) is 82.2 Å². The predicted molar refractivity (Wildman–Crippen MR) is 155 cm³/mol. The van der Waals surface area contributed by atoms with E-state index < -0.39 is 5.56 Å². The van der Waals surface area contributed by atoms with E-state index in [0.717, 1.165) is 56.1 Å². The molecule has 0 amide bonds. The molecule has 8 heteroatoms. The first-order valence-corrected chi connectivity index (χ1v) is 13.4. The van der Waals surface area contributed by atoms with Crippen molar-refractivity contribution in [3.05, 3.63) is 138 Å². The third-order valence-electron chi connectivity index (χ3n) is 6.64. The van der Waals surface area contributed by atoms with Gasteiger partial charge >= 0.3 is 0 Å². The molecule has 0 aliphatic heterocycles. The van der Waals surface area contributed by atoms with E-state index in [1.54, 1.807) is 0 Å². The highest BCUT2D eigenvalue weighted by atomic mass is 32.1. The largest absolute Gasteiger partial charge is 0.296 e. The summed E-state index contributed by atoms with van der Waals surface area (Å²) in [6.07, 6.45) is 4.05. The van der Waals surface area contributed by atoms with Crippen LogP contribution in [0.1, 0.15) is 33.5 Å². The molecule has 7 nitrogen and oxygen atoms in total. The Balaban J connectivity index is 1.50. The van der Waals surface area contributed by atoms with Gasteiger partial charge in [0.25, 0.3) is 11.1 Å². The van der Waals surface area contributed by atoms with Crippen molar-refractivity contribution in [2.24, 2.45) is 0 Å². The second-order valence-corrected chi connectivity index (χ2v) is 10.7. The number of aromatic nitrogens is 5. The Morgan fingerprint density at radius 1 is 0.872 bits per heavy atom. The molecule has 3 aromatic carbocycles. The van der Waals surface area contributed by atoms with Gasteiger partial charge in [-0.3, -0.25) is 9.59 Å². The predicted octanol–water partition coefficient (Wildman–Crippen LogP) is 4.43. The lowest BCUT2D eigenvalue weighted by molar-refractivity contribution is 0.811. The minimum atomic E-state index is -0.420. The summed E-state index contributed by atoms with van der Waals surface area (Å²) >= 11 is 1.15. The molecule has 0 saturated carbocycles. The summed E-state index contributed by atoms with van der Waals surface area (Å²) in [4.78, 5) is 30.7. The van der Waals surface area contributed by atoms with Crippen LogP contribution in [-0.4, -0.2) is 24.4 Å². The lowest BCUT2D eigenvalue weighted by Gasteiger charge is -2.05. The fourth-order valence-electron chi connectivity index (χ4n) is 4.50. The van der Waals surface area contributed by atoms with Crippen molar-refractivity contribution in [2.75, 3.05) is 0 Å². The van der Waals surface area contributed by atoms with Crippen molar-refractivity contribution in [3.8, 4) is 16.9 Å². The van der Waals surface area contributed by atoms with Gasteiger partial charge in [0.1, 0.15) is 11.4 Å². The second-order valence-electron chi connectivity index (χ2n) is 9.67. The highest BCUT2D eigenvalue weighted by Gasteiger charge is 2.16. The van der Waals surface area contributed by atoms with Crippen LogP contribution < -0.4 is 15.7 Å². The van der Waals surface area contributed by atoms with E-state index >= 15 is 0 Å². The number of benzene rings is 3. The molecule has 192 valence electrons. The molecule has 3 heterocycles. The normalized spacial score (nSPS) is 11.9. The third-order valence-corrected chi connectivity index (χ3v) is 7.60. The minimum Gasteiger partial charge on any atom is -0.266 e. The number of hydrogen-bond donors (Lipinski definition) is 0. The molecule has 0 bridgehead atoms. The van der Waals surface area contributed by atoms with Gasteiger partial charge < -0.3 is 0 Å². The van der Waals surface area contributed by atoms with E-state index in [4.69, 9.17) is 5.10 Å². The first kappa shape index (κ1) is 24.6. The van der Waals surface area contributed by atoms with Gasteiger partial charge in [-0.2, -0.15) is 19.7 Å². The van der Waals surface area contributed by atoms with Crippen LogP contribution in [0.25, 0.3) is 28.0 Å². The maximum atomic E-state index is 13.4. The summed E-state index contributed by atoms with van der Waals surface area (Å²) in [5, 5.41) is 9.33. The van der Waals surface area contributed by atoms with E-state index in [1.807, 2.05) is 92.3 Å². The fourth-order valence-corrected chi connectivity index (χ4v) is 5.39. The van der Waals surface area contributed by atoms with Gasteiger partial charge in [-0.25, -0.2) is 4.68 Å². The zero-order valence-electron chi connectivity index (χ0n) is 21.8. The third kappa shape index (κ3) is 4.82. The van der Waals surface area contributed by atoms with E-state index in [9.17, 15) is 9.59 Å². The average Bonchev–Trinajstić information content (AvgIpc) is 3.48. The Morgan fingerprint density at radius 2 is 1.62 bits per heavy atom. The first-order valence-electron chi connectivity index (χ1n) is 12.6. The molecule has 39 heavy (non-hydrogen) atoms. The number of hydrogen-bond acceptors (Lipinski definition) is 6. The Kier molecular flexibility index (Phi) is 6.24. The maximum absolute atomic E-state index is 13.4. The summed E-state index contributed by atoms with van der Waals surface area (Å²) in [6.45, 7) is 6.10. The lowest BCUT2D eigenvalue weighted by atomic mass is 10.0. The minimum absolute atomic E-state index is 0.241. The number of para-hydroxylation sites is 1. The van der Waals surface area contributed by atoms with Crippen molar-refractivity contribution in [2.45, 2.75) is 27.2 Å². The van der Waals surface area contributed by atoms with Crippen LogP contribution in [0.4, 0.5) is 0 Å². The molecule has 3 aromatic heterocycles. The van der Waals surface area contributed by atoms with E-state index in [2.05, 4.69) is 28.3 Å². The standard InChI is InChI=1S/C31H25N5O2S/c1-19-10-13-22(14-11-19)16-26-29(37)32-31-36(33-26)30(38)27(39-31)17-23-18-35(24-7-5-4-6-8-24)34-28(23)25-15-20(2)9-12-21(25)3/h4-15,17-18H,16H2,1-3H3/b27-17-. The fraction of sp³-hybridized carbons (Fsp3) is 0.129. The SMILES string of the molecule is Cc1ccc(Cc2nn3c(=O)/c(=C/c4cn(-c5ccccc5)nc4-c4cc(C)ccc4C)sc3nc2=O)cc1. The van der Waals surface area contributed by atoms with Crippen LogP contribution >= 0.6 is 11.3 Å². The van der Waals surface area contributed by atoms with Gasteiger partial charge in [0.2, 0.25) is 4.96 Å². The van der Waals surface area contributed by atoms with Crippen molar-refractivity contribution < 1.29 is 0 Å². The van der Waals surface area contributed by atoms with Crippen LogP contribution in [0, 0.1) is 20.8 Å². The van der Waals surface area contributed by atoms with Gasteiger partial charge in [-0.15, -0.1) is 0 Å². The Hall–Kier alpha value is -4.69. The molecule has 0 aliphatic carbocycles. The number of fused-ring (bicyclic) bond motifs is 1. The van der Waals surface area contributed by atoms with Gasteiger partial charge in [-0.1, -0.05) is 77.1 Å². The van der Waals surface area contributed by atoms with E-state index in [1.165, 1.54) is 4.52 Å². The molecule has 6 rings (SSSR count). The summed E-state index contributed by atoms with van der Waals surface area (Å²) in [6, 6.07) is 24.0. The highest BCUT2D eigenvalue weighted by Crippen LogP contribution is 2.28. The average molecular weight is 532 g/mol. The molecule has 0 atom stereocenters. The van der Waals surface area contributed by atoms with Crippen LogP contribution in [0.3, 0.4) is 0 Å². The summed E-state index contributed by atoms with van der Waals surface area (Å²) in [7, 11) is 0. The Morgan fingerprint density at radius 3 is 2.38 bits per heavy atom. The molecule has 0 spiro atoms. The summed E-state index contributed by atoms with van der Waals surface area (Å²) in [5.41, 5.74) is 7.26. The first-order chi connectivity index (χ1) is 18.9. The smallest absolute Gasteiger partial charge is 0.266 e. The van der Waals surface area contributed by atoms with Gasteiger partial charge in [-0.05, 0) is 56.2 Å². The number of thiazole rings is 1. The maximum Gasteiger partial charge on any atom is 0.296 e. The molecule has 0 radical (unpaired) electrons. The molecule has 0 fully saturated rings. The molecule has 0 saturated heterocycles. The van der Waals surface area contributed by atoms with Gasteiger partial charge in [0.15, 0.2) is 0 Å². The zero-order valence-corrected chi connectivity index (χ0v) is 22.6. The highest BCUT2D eigenvalue weighted by molar-refractivity contribution is 7.15. The van der Waals surface area contributed by atoms with Crippen LogP contribution in [-0.2, 0) is 6.42 Å². The number of nitrogens with zero attached hydrogens (tertiary/aromatic N) is 5. The van der Waals surface area contributed by atoms with Gasteiger partial charge in [0, 0.05) is 23.7 Å². The number of rotatable bonds is 5. The molecule has 0 unspecified atom stereocenters.